The van der Waals surface area contributed by atoms with Gasteiger partial charge in [-0.1, -0.05) is 41.4 Å². The summed E-state index contributed by atoms with van der Waals surface area (Å²) in [5, 5.41) is 3.47. The highest BCUT2D eigenvalue weighted by molar-refractivity contribution is 7.92. The predicted molar refractivity (Wildman–Crippen MR) is 120 cm³/mol. The Balaban J connectivity index is 2.00. The molecule has 2 aromatic carbocycles. The Bertz CT molecular complexity index is 990. The average Bonchev–Trinajstić information content (AvgIpc) is 2.60. The van der Waals surface area contributed by atoms with Crippen molar-refractivity contribution in [3.05, 3.63) is 63.7 Å². The van der Waals surface area contributed by atoms with Crippen molar-refractivity contribution in [3.8, 4) is 0 Å². The summed E-state index contributed by atoms with van der Waals surface area (Å²) in [6, 6.07) is 11.2. The van der Waals surface area contributed by atoms with Crippen molar-refractivity contribution in [2.24, 2.45) is 0 Å². The van der Waals surface area contributed by atoms with E-state index in [2.05, 4.69) is 11.4 Å². The highest BCUT2D eigenvalue weighted by Crippen LogP contribution is 2.26. The Hall–Kier alpha value is -2.05. The van der Waals surface area contributed by atoms with Crippen LogP contribution in [-0.2, 0) is 14.8 Å². The van der Waals surface area contributed by atoms with Crippen molar-refractivity contribution >= 4 is 33.2 Å². The number of nitrogens with one attached hydrogen (secondary N) is 1. The minimum Gasteiger partial charge on any atom is -0.350 e. The van der Waals surface area contributed by atoms with E-state index in [4.69, 9.17) is 11.6 Å². The molecule has 29 heavy (non-hydrogen) atoms. The molecule has 0 aliphatic carbocycles. The van der Waals surface area contributed by atoms with Gasteiger partial charge in [-0.15, -0.1) is 0 Å². The van der Waals surface area contributed by atoms with Crippen LogP contribution >= 0.6 is 11.6 Å². The zero-order valence-electron chi connectivity index (χ0n) is 17.6. The van der Waals surface area contributed by atoms with Crippen molar-refractivity contribution in [3.63, 3.8) is 0 Å². The monoisotopic (exact) mass is 436 g/mol. The molecule has 0 aromatic heterocycles. The smallest absolute Gasteiger partial charge is 0.232 e. The third-order valence-corrected chi connectivity index (χ3v) is 6.29. The summed E-state index contributed by atoms with van der Waals surface area (Å²) in [5.74, 6) is -0.103. The van der Waals surface area contributed by atoms with Gasteiger partial charge in [0.15, 0.2) is 0 Å². The fraction of sp³-hybridized carbons (Fsp3) is 0.409. The van der Waals surface area contributed by atoms with E-state index in [0.717, 1.165) is 22.9 Å². The number of hydrogen-bond donors (Lipinski definition) is 1. The van der Waals surface area contributed by atoms with Crippen LogP contribution in [0.25, 0.3) is 0 Å². The van der Waals surface area contributed by atoms with Crippen molar-refractivity contribution in [1.82, 2.24) is 5.32 Å². The summed E-state index contributed by atoms with van der Waals surface area (Å²) in [7, 11) is -3.49. The lowest BCUT2D eigenvalue weighted by atomic mass is 10.00. The molecule has 1 N–H and O–H groups in total. The van der Waals surface area contributed by atoms with Crippen LogP contribution in [0.5, 0.6) is 0 Å². The second kappa shape index (κ2) is 9.63. The van der Waals surface area contributed by atoms with Gasteiger partial charge in [-0.05, 0) is 62.9 Å². The van der Waals surface area contributed by atoms with Gasteiger partial charge in [0, 0.05) is 18.0 Å². The number of anilines is 1. The lowest BCUT2D eigenvalue weighted by Crippen LogP contribution is -2.33. The molecule has 2 rings (SSSR count). The number of halogens is 1. The first-order valence-corrected chi connectivity index (χ1v) is 11.8. The fourth-order valence-electron chi connectivity index (χ4n) is 3.40. The van der Waals surface area contributed by atoms with Crippen LogP contribution in [0, 0.1) is 20.8 Å². The van der Waals surface area contributed by atoms with Gasteiger partial charge in [0.2, 0.25) is 15.9 Å². The summed E-state index contributed by atoms with van der Waals surface area (Å²) >= 11 is 6.05. The largest absolute Gasteiger partial charge is 0.350 e. The number of aryl methyl sites for hydroxylation is 3. The number of rotatable bonds is 8. The highest BCUT2D eigenvalue weighted by atomic mass is 35.5. The number of benzene rings is 2. The van der Waals surface area contributed by atoms with E-state index in [9.17, 15) is 13.2 Å². The Morgan fingerprint density at radius 3 is 2.41 bits per heavy atom. The first kappa shape index (κ1) is 23.2. The lowest BCUT2D eigenvalue weighted by Gasteiger charge is -2.24. The molecular weight excluding hydrogens is 408 g/mol. The molecular formula is C22H29ClN2O3S. The molecule has 0 saturated heterocycles. The Kier molecular flexibility index (Phi) is 7.72. The van der Waals surface area contributed by atoms with Crippen molar-refractivity contribution in [2.45, 2.75) is 46.6 Å². The summed E-state index contributed by atoms with van der Waals surface area (Å²) in [4.78, 5) is 12.4. The van der Waals surface area contributed by atoms with Crippen LogP contribution in [0.3, 0.4) is 0 Å². The maximum absolute atomic E-state index is 12.4. The second-order valence-corrected chi connectivity index (χ2v) is 9.86. The maximum Gasteiger partial charge on any atom is 0.232 e. The van der Waals surface area contributed by atoms with E-state index in [1.807, 2.05) is 39.8 Å². The summed E-state index contributed by atoms with van der Waals surface area (Å²) in [5.41, 5.74) is 4.76. The number of carbonyl (C=O) groups excluding carboxylic acids is 1. The molecule has 0 saturated carbocycles. The SMILES string of the molecule is Cc1ccc(C(C)NC(=O)CCCN(c2cc(Cl)ccc2C)S(C)(=O)=O)c(C)c1. The van der Waals surface area contributed by atoms with Crippen LogP contribution in [-0.4, -0.2) is 27.1 Å². The maximum atomic E-state index is 12.4. The normalized spacial score (nSPS) is 12.5. The van der Waals surface area contributed by atoms with Gasteiger partial charge >= 0.3 is 0 Å². The number of hydrogen-bond acceptors (Lipinski definition) is 3. The molecule has 5 nitrogen and oxygen atoms in total. The minimum absolute atomic E-state index is 0.103. The average molecular weight is 437 g/mol. The molecule has 1 amide bonds. The van der Waals surface area contributed by atoms with Gasteiger partial charge < -0.3 is 5.32 Å². The molecule has 0 aliphatic rings. The first-order valence-electron chi connectivity index (χ1n) is 9.59. The molecule has 0 radical (unpaired) electrons. The van der Waals surface area contributed by atoms with Gasteiger partial charge in [0.05, 0.1) is 18.0 Å². The van der Waals surface area contributed by atoms with Crippen molar-refractivity contribution < 1.29 is 13.2 Å². The molecule has 0 bridgehead atoms. The number of amides is 1. The summed E-state index contributed by atoms with van der Waals surface area (Å²) < 4.78 is 25.9. The molecule has 0 heterocycles. The zero-order chi connectivity index (χ0) is 21.8. The molecule has 0 spiro atoms. The van der Waals surface area contributed by atoms with Gasteiger partial charge in [-0.2, -0.15) is 0 Å². The van der Waals surface area contributed by atoms with E-state index in [0.29, 0.717) is 17.1 Å². The van der Waals surface area contributed by atoms with Crippen LogP contribution in [0.1, 0.15) is 48.1 Å². The molecule has 0 fully saturated rings. The molecule has 0 aliphatic heterocycles. The van der Waals surface area contributed by atoms with Crippen LogP contribution in [0.4, 0.5) is 5.69 Å². The molecule has 158 valence electrons. The lowest BCUT2D eigenvalue weighted by molar-refractivity contribution is -0.121. The number of sulfonamides is 1. The Labute approximate surface area is 179 Å². The first-order chi connectivity index (χ1) is 13.5. The van der Waals surface area contributed by atoms with Gasteiger partial charge in [-0.3, -0.25) is 9.10 Å². The fourth-order valence-corrected chi connectivity index (χ4v) is 4.58. The highest BCUT2D eigenvalue weighted by Gasteiger charge is 2.20. The van der Waals surface area contributed by atoms with E-state index in [-0.39, 0.29) is 24.9 Å². The molecule has 1 unspecified atom stereocenters. The predicted octanol–water partition coefficient (Wildman–Crippen LogP) is 4.69. The van der Waals surface area contributed by atoms with E-state index in [1.54, 1.807) is 18.2 Å². The summed E-state index contributed by atoms with van der Waals surface area (Å²) in [6.45, 7) is 8.07. The summed E-state index contributed by atoms with van der Waals surface area (Å²) in [6.07, 6.45) is 1.81. The van der Waals surface area contributed by atoms with Crippen molar-refractivity contribution in [1.29, 1.82) is 0 Å². The van der Waals surface area contributed by atoms with E-state index >= 15 is 0 Å². The van der Waals surface area contributed by atoms with Gasteiger partial charge in [-0.25, -0.2) is 8.42 Å². The molecule has 7 heteroatoms. The van der Waals surface area contributed by atoms with E-state index < -0.39 is 10.0 Å². The van der Waals surface area contributed by atoms with Gasteiger partial charge in [0.1, 0.15) is 0 Å². The van der Waals surface area contributed by atoms with E-state index in [1.165, 1.54) is 9.87 Å². The van der Waals surface area contributed by atoms with Gasteiger partial charge in [0.25, 0.3) is 0 Å². The second-order valence-electron chi connectivity index (χ2n) is 7.52. The standard InChI is InChI=1S/C22H29ClN2O3S/c1-15-8-11-20(17(3)13-15)18(4)24-22(26)7-6-12-25(29(5,27)28)21-14-19(23)10-9-16(21)2/h8-11,13-14,18H,6-7,12H2,1-5H3,(H,24,26). The number of nitrogens with zero attached hydrogens (tertiary/aromatic N) is 1. The zero-order valence-corrected chi connectivity index (χ0v) is 19.2. The third-order valence-electron chi connectivity index (χ3n) is 4.87. The third kappa shape index (κ3) is 6.47. The van der Waals surface area contributed by atoms with Crippen LogP contribution < -0.4 is 9.62 Å². The molecule has 2 aromatic rings. The number of carbonyl (C=O) groups is 1. The minimum atomic E-state index is -3.49. The Morgan fingerprint density at radius 2 is 1.79 bits per heavy atom. The Morgan fingerprint density at radius 1 is 1.10 bits per heavy atom. The van der Waals surface area contributed by atoms with Crippen molar-refractivity contribution in [2.75, 3.05) is 17.1 Å². The van der Waals surface area contributed by atoms with Crippen LogP contribution in [0.2, 0.25) is 5.02 Å². The quantitative estimate of drug-likeness (QED) is 0.652. The molecule has 1 atom stereocenters. The topological polar surface area (TPSA) is 66.5 Å². The van der Waals surface area contributed by atoms with Crippen LogP contribution in [0.15, 0.2) is 36.4 Å².